The van der Waals surface area contributed by atoms with Crippen molar-refractivity contribution in [2.45, 2.75) is 31.7 Å². The van der Waals surface area contributed by atoms with Crippen molar-refractivity contribution in [3.63, 3.8) is 0 Å². The van der Waals surface area contributed by atoms with Gasteiger partial charge in [-0.15, -0.1) is 0 Å². The molecule has 3 rings (SSSR count). The molecule has 1 amide bonds. The van der Waals surface area contributed by atoms with E-state index in [4.69, 9.17) is 4.52 Å². The Morgan fingerprint density at radius 1 is 1.39 bits per heavy atom. The number of hydrogen-bond donors (Lipinski definition) is 0. The summed E-state index contributed by atoms with van der Waals surface area (Å²) in [6, 6.07) is -0.152. The van der Waals surface area contributed by atoms with E-state index in [9.17, 15) is 13.2 Å². The lowest BCUT2D eigenvalue weighted by Gasteiger charge is -2.35. The van der Waals surface area contributed by atoms with Crippen LogP contribution in [0.5, 0.6) is 0 Å². The molecular weight excluding hydrogens is 320 g/mol. The van der Waals surface area contributed by atoms with Crippen LogP contribution in [0.2, 0.25) is 0 Å². The molecule has 2 aliphatic rings. The molecule has 0 N–H and O–H groups in total. The first kappa shape index (κ1) is 16.2. The third-order valence-corrected chi connectivity index (χ3v) is 6.02. The molecule has 1 saturated carbocycles. The molecule has 1 aromatic rings. The molecule has 0 aromatic carbocycles. The fraction of sp³-hybridized carbons (Fsp3) is 0.786. The van der Waals surface area contributed by atoms with Gasteiger partial charge < -0.3 is 14.3 Å². The van der Waals surface area contributed by atoms with Crippen LogP contribution in [0, 0.1) is 5.92 Å². The fourth-order valence-electron chi connectivity index (χ4n) is 2.90. The monoisotopic (exact) mass is 342 g/mol. The standard InChI is InChI=1S/C14H22N4O4S/c1-17(2)14-15-12(22-16-14)5-6-13(19)18-7-8-23(20,21)9-11(18)10-3-4-10/h10-11H,3-9H2,1-2H3. The fourth-order valence-corrected chi connectivity index (χ4v) is 4.52. The molecule has 1 saturated heterocycles. The smallest absolute Gasteiger partial charge is 0.265 e. The third-order valence-electron chi connectivity index (χ3n) is 4.36. The topological polar surface area (TPSA) is 96.6 Å². The van der Waals surface area contributed by atoms with E-state index in [2.05, 4.69) is 10.1 Å². The SMILES string of the molecule is CN(C)c1noc(CCC(=O)N2CCS(=O)(=O)CC2C2CC2)n1. The highest BCUT2D eigenvalue weighted by molar-refractivity contribution is 7.91. The summed E-state index contributed by atoms with van der Waals surface area (Å²) in [5.74, 6) is 1.39. The maximum atomic E-state index is 12.5. The highest BCUT2D eigenvalue weighted by Gasteiger charge is 2.42. The third kappa shape index (κ3) is 3.82. The van der Waals surface area contributed by atoms with E-state index in [0.29, 0.717) is 30.7 Å². The van der Waals surface area contributed by atoms with E-state index in [-0.39, 0.29) is 29.9 Å². The van der Waals surface area contributed by atoms with Gasteiger partial charge in [0.1, 0.15) is 0 Å². The van der Waals surface area contributed by atoms with Gasteiger partial charge in [0.2, 0.25) is 11.8 Å². The molecule has 8 nitrogen and oxygen atoms in total. The van der Waals surface area contributed by atoms with Gasteiger partial charge in [0, 0.05) is 39.5 Å². The lowest BCUT2D eigenvalue weighted by atomic mass is 10.1. The molecule has 0 bridgehead atoms. The lowest BCUT2D eigenvalue weighted by Crippen LogP contribution is -2.52. The summed E-state index contributed by atoms with van der Waals surface area (Å²) < 4.78 is 28.8. The van der Waals surface area contributed by atoms with Crippen LogP contribution in [0.4, 0.5) is 5.95 Å². The number of amides is 1. The number of carbonyl (C=O) groups excluding carboxylic acids is 1. The van der Waals surface area contributed by atoms with Crippen molar-refractivity contribution in [3.05, 3.63) is 5.89 Å². The van der Waals surface area contributed by atoms with Gasteiger partial charge in [0.05, 0.1) is 11.5 Å². The van der Waals surface area contributed by atoms with Crippen molar-refractivity contribution in [1.82, 2.24) is 15.0 Å². The molecule has 2 heterocycles. The Labute approximate surface area is 135 Å². The number of sulfone groups is 1. The number of nitrogens with zero attached hydrogens (tertiary/aromatic N) is 4. The summed E-state index contributed by atoms with van der Waals surface area (Å²) in [6.45, 7) is 0.301. The minimum absolute atomic E-state index is 0.0265. The van der Waals surface area contributed by atoms with E-state index in [0.717, 1.165) is 12.8 Å². The van der Waals surface area contributed by atoms with Crippen LogP contribution in [0.25, 0.3) is 0 Å². The second-order valence-corrected chi connectivity index (χ2v) is 8.72. The zero-order chi connectivity index (χ0) is 16.6. The Kier molecular flexibility index (Phi) is 4.31. The van der Waals surface area contributed by atoms with E-state index < -0.39 is 9.84 Å². The maximum absolute atomic E-state index is 12.5. The predicted molar refractivity (Wildman–Crippen MR) is 83.8 cm³/mol. The largest absolute Gasteiger partial charge is 0.344 e. The Morgan fingerprint density at radius 3 is 2.74 bits per heavy atom. The van der Waals surface area contributed by atoms with Crippen molar-refractivity contribution >= 4 is 21.7 Å². The molecule has 9 heteroatoms. The molecule has 1 unspecified atom stereocenters. The molecule has 1 atom stereocenters. The molecule has 128 valence electrons. The van der Waals surface area contributed by atoms with Gasteiger partial charge in [-0.2, -0.15) is 4.98 Å². The summed E-state index contributed by atoms with van der Waals surface area (Å²) in [5, 5.41) is 3.81. The molecule has 1 aromatic heterocycles. The van der Waals surface area contributed by atoms with Crippen molar-refractivity contribution < 1.29 is 17.7 Å². The van der Waals surface area contributed by atoms with Crippen LogP contribution >= 0.6 is 0 Å². The quantitative estimate of drug-likeness (QED) is 0.749. The minimum Gasteiger partial charge on any atom is -0.344 e. The average Bonchev–Trinajstić information content (AvgIpc) is 3.21. The summed E-state index contributed by atoms with van der Waals surface area (Å²) in [4.78, 5) is 20.2. The minimum atomic E-state index is -3.02. The first-order valence-electron chi connectivity index (χ1n) is 7.85. The molecule has 23 heavy (non-hydrogen) atoms. The average molecular weight is 342 g/mol. The molecule has 0 radical (unpaired) electrons. The number of aromatic nitrogens is 2. The van der Waals surface area contributed by atoms with E-state index in [1.807, 2.05) is 14.1 Å². The van der Waals surface area contributed by atoms with Crippen molar-refractivity contribution in [2.75, 3.05) is 37.0 Å². The van der Waals surface area contributed by atoms with Crippen LogP contribution in [-0.2, 0) is 21.1 Å². The van der Waals surface area contributed by atoms with Crippen molar-refractivity contribution in [2.24, 2.45) is 5.92 Å². The number of rotatable bonds is 5. The molecule has 1 aliphatic carbocycles. The molecule has 0 spiro atoms. The zero-order valence-electron chi connectivity index (χ0n) is 13.4. The summed E-state index contributed by atoms with van der Waals surface area (Å²) in [5.41, 5.74) is 0. The number of anilines is 1. The molecule has 1 aliphatic heterocycles. The number of aryl methyl sites for hydroxylation is 1. The first-order valence-corrected chi connectivity index (χ1v) is 9.67. The van der Waals surface area contributed by atoms with Crippen LogP contribution < -0.4 is 4.90 Å². The van der Waals surface area contributed by atoms with Gasteiger partial charge in [-0.3, -0.25) is 4.79 Å². The van der Waals surface area contributed by atoms with Gasteiger partial charge in [-0.1, -0.05) is 0 Å². The molecular formula is C14H22N4O4S. The lowest BCUT2D eigenvalue weighted by molar-refractivity contribution is -0.133. The van der Waals surface area contributed by atoms with Crippen LogP contribution in [0.1, 0.15) is 25.2 Å². The number of hydrogen-bond acceptors (Lipinski definition) is 7. The Balaban J connectivity index is 1.60. The summed E-state index contributed by atoms with van der Waals surface area (Å²) >= 11 is 0. The van der Waals surface area contributed by atoms with Gasteiger partial charge in [0.25, 0.3) is 5.95 Å². The summed E-state index contributed by atoms with van der Waals surface area (Å²) in [7, 11) is 0.610. The number of carbonyl (C=O) groups is 1. The predicted octanol–water partition coefficient (Wildman–Crippen LogP) is 0.104. The highest BCUT2D eigenvalue weighted by Crippen LogP contribution is 2.37. The van der Waals surface area contributed by atoms with Crippen LogP contribution in [0.3, 0.4) is 0 Å². The Morgan fingerprint density at radius 2 is 2.13 bits per heavy atom. The van der Waals surface area contributed by atoms with E-state index in [1.165, 1.54) is 0 Å². The second kappa shape index (κ2) is 6.10. The summed E-state index contributed by atoms with van der Waals surface area (Å²) in [6.07, 6.45) is 2.66. The maximum Gasteiger partial charge on any atom is 0.265 e. The zero-order valence-corrected chi connectivity index (χ0v) is 14.3. The second-order valence-electron chi connectivity index (χ2n) is 6.49. The Hall–Kier alpha value is -1.64. The molecule has 2 fully saturated rings. The van der Waals surface area contributed by atoms with Crippen LogP contribution in [-0.4, -0.2) is 67.6 Å². The van der Waals surface area contributed by atoms with Gasteiger partial charge >= 0.3 is 0 Å². The van der Waals surface area contributed by atoms with E-state index in [1.54, 1.807) is 9.80 Å². The van der Waals surface area contributed by atoms with Crippen molar-refractivity contribution in [3.8, 4) is 0 Å². The van der Waals surface area contributed by atoms with Crippen LogP contribution in [0.15, 0.2) is 4.52 Å². The van der Waals surface area contributed by atoms with E-state index >= 15 is 0 Å². The Bertz CT molecular complexity index is 681. The van der Waals surface area contributed by atoms with Crippen molar-refractivity contribution in [1.29, 1.82) is 0 Å². The highest BCUT2D eigenvalue weighted by atomic mass is 32.2. The normalized spacial score (nSPS) is 23.7. The van der Waals surface area contributed by atoms with Gasteiger partial charge in [0.15, 0.2) is 9.84 Å². The first-order chi connectivity index (χ1) is 10.9. The van der Waals surface area contributed by atoms with Gasteiger partial charge in [-0.05, 0) is 23.9 Å². The van der Waals surface area contributed by atoms with Gasteiger partial charge in [-0.25, -0.2) is 8.42 Å².